The second kappa shape index (κ2) is 6.62. The number of hydrogen-bond acceptors (Lipinski definition) is 3. The fourth-order valence-electron chi connectivity index (χ4n) is 1.88. The van der Waals surface area contributed by atoms with Crippen LogP contribution in [0.3, 0.4) is 0 Å². The number of hydrazine groups is 1. The van der Waals surface area contributed by atoms with Gasteiger partial charge in [-0.1, -0.05) is 34.8 Å². The van der Waals surface area contributed by atoms with Crippen LogP contribution in [0, 0.1) is 0 Å². The number of allylic oxidation sites excluding steroid dienone is 4. The van der Waals surface area contributed by atoms with Crippen LogP contribution in [0.4, 0.5) is 4.39 Å². The van der Waals surface area contributed by atoms with E-state index in [0.29, 0.717) is 17.9 Å². The first kappa shape index (κ1) is 16.7. The Morgan fingerprint density at radius 1 is 1.43 bits per heavy atom. The zero-order chi connectivity index (χ0) is 15.7. The minimum absolute atomic E-state index is 0.0344. The molecule has 1 heterocycles. The van der Waals surface area contributed by atoms with Crippen molar-refractivity contribution in [1.82, 2.24) is 10.4 Å². The number of halogens is 5. The summed E-state index contributed by atoms with van der Waals surface area (Å²) in [5.74, 6) is 3.84. The van der Waals surface area contributed by atoms with Crippen LogP contribution in [0.1, 0.15) is 28.9 Å². The molecule has 0 atom stereocenters. The van der Waals surface area contributed by atoms with Crippen LogP contribution in [-0.2, 0) is 0 Å². The average molecular weight is 415 g/mol. The highest BCUT2D eigenvalue weighted by Crippen LogP contribution is 2.44. The van der Waals surface area contributed by atoms with Gasteiger partial charge in [0.2, 0.25) is 0 Å². The molecule has 0 radical (unpaired) electrons. The SMILES string of the molecule is NNC(=O)c1nc(Cl)c(C2=C(Cl)CCC=C2F)c(Cl)c1Br. The van der Waals surface area contributed by atoms with Crippen molar-refractivity contribution in [3.63, 3.8) is 0 Å². The Balaban J connectivity index is 2.70. The lowest BCUT2D eigenvalue weighted by Gasteiger charge is -2.17. The van der Waals surface area contributed by atoms with E-state index < -0.39 is 11.7 Å². The Morgan fingerprint density at radius 2 is 2.10 bits per heavy atom. The average Bonchev–Trinajstić information content (AvgIpc) is 2.45. The number of nitrogen functional groups attached to an aromatic ring is 1. The number of pyridine rings is 1. The number of carbonyl (C=O) groups is 1. The Bertz CT molecular complexity index is 691. The lowest BCUT2D eigenvalue weighted by molar-refractivity contribution is 0.0948. The number of rotatable bonds is 2. The maximum atomic E-state index is 14.1. The lowest BCUT2D eigenvalue weighted by atomic mass is 9.99. The van der Waals surface area contributed by atoms with Crippen molar-refractivity contribution in [3.05, 3.63) is 42.8 Å². The molecule has 0 aliphatic heterocycles. The molecular weight excluding hydrogens is 407 g/mol. The molecule has 1 aliphatic carbocycles. The van der Waals surface area contributed by atoms with Crippen LogP contribution in [0.5, 0.6) is 0 Å². The first-order valence-electron chi connectivity index (χ1n) is 5.69. The first-order chi connectivity index (χ1) is 9.88. The van der Waals surface area contributed by atoms with E-state index in [2.05, 4.69) is 20.9 Å². The molecule has 0 bridgehead atoms. The number of aromatic nitrogens is 1. The van der Waals surface area contributed by atoms with E-state index in [1.54, 1.807) is 0 Å². The van der Waals surface area contributed by atoms with Crippen LogP contribution < -0.4 is 11.3 Å². The van der Waals surface area contributed by atoms with Crippen molar-refractivity contribution < 1.29 is 9.18 Å². The minimum Gasteiger partial charge on any atom is -0.289 e. The third kappa shape index (κ3) is 3.10. The topological polar surface area (TPSA) is 68.0 Å². The van der Waals surface area contributed by atoms with E-state index in [1.807, 2.05) is 5.43 Å². The van der Waals surface area contributed by atoms with E-state index in [-0.39, 0.29) is 31.5 Å². The molecule has 3 N–H and O–H groups in total. The van der Waals surface area contributed by atoms with Crippen molar-refractivity contribution in [2.45, 2.75) is 12.8 Å². The zero-order valence-corrected chi connectivity index (χ0v) is 14.2. The molecule has 0 saturated carbocycles. The largest absolute Gasteiger partial charge is 0.289 e. The van der Waals surface area contributed by atoms with Crippen molar-refractivity contribution in [2.24, 2.45) is 5.84 Å². The number of nitrogens with two attached hydrogens (primary N) is 1. The summed E-state index contributed by atoms with van der Waals surface area (Å²) in [7, 11) is 0. The quantitative estimate of drug-likeness (QED) is 0.327. The second-order valence-electron chi connectivity index (χ2n) is 4.10. The minimum atomic E-state index is -0.683. The lowest BCUT2D eigenvalue weighted by Crippen LogP contribution is -2.31. The predicted octanol–water partition coefficient (Wildman–Crippen LogP) is 4.35. The summed E-state index contributed by atoms with van der Waals surface area (Å²) < 4.78 is 14.2. The van der Waals surface area contributed by atoms with Gasteiger partial charge in [-0.15, -0.1) is 0 Å². The smallest absolute Gasteiger partial charge is 0.285 e. The zero-order valence-electron chi connectivity index (χ0n) is 10.3. The summed E-state index contributed by atoms with van der Waals surface area (Å²) >= 11 is 21.5. The van der Waals surface area contributed by atoms with E-state index >= 15 is 0 Å². The number of nitrogens with one attached hydrogen (secondary N) is 1. The van der Waals surface area contributed by atoms with Crippen molar-refractivity contribution in [1.29, 1.82) is 0 Å². The molecule has 112 valence electrons. The Hall–Kier alpha value is -0.660. The summed E-state index contributed by atoms with van der Waals surface area (Å²) in [6.45, 7) is 0. The van der Waals surface area contributed by atoms with Crippen LogP contribution in [0.25, 0.3) is 5.57 Å². The summed E-state index contributed by atoms with van der Waals surface area (Å²) in [4.78, 5) is 15.5. The van der Waals surface area contributed by atoms with Gasteiger partial charge in [0, 0.05) is 16.2 Å². The molecule has 2 rings (SSSR count). The maximum absolute atomic E-state index is 14.1. The van der Waals surface area contributed by atoms with E-state index in [1.165, 1.54) is 6.08 Å². The van der Waals surface area contributed by atoms with Gasteiger partial charge in [-0.25, -0.2) is 15.2 Å². The molecule has 0 unspecified atom stereocenters. The fraction of sp³-hybridized carbons (Fsp3) is 0.167. The van der Waals surface area contributed by atoms with E-state index in [9.17, 15) is 9.18 Å². The highest BCUT2D eigenvalue weighted by molar-refractivity contribution is 9.10. The molecule has 4 nitrogen and oxygen atoms in total. The Kier molecular flexibility index (Phi) is 5.27. The van der Waals surface area contributed by atoms with Crippen molar-refractivity contribution in [2.75, 3.05) is 0 Å². The summed E-state index contributed by atoms with van der Waals surface area (Å²) in [6.07, 6.45) is 2.35. The summed E-state index contributed by atoms with van der Waals surface area (Å²) in [6, 6.07) is 0. The van der Waals surface area contributed by atoms with Crippen molar-refractivity contribution in [3.8, 4) is 0 Å². The molecule has 21 heavy (non-hydrogen) atoms. The Labute approximate surface area is 143 Å². The normalized spacial score (nSPS) is 15.0. The van der Waals surface area contributed by atoms with Gasteiger partial charge in [0.05, 0.1) is 9.50 Å². The van der Waals surface area contributed by atoms with E-state index in [4.69, 9.17) is 40.6 Å². The standard InChI is InChI=1S/C12H8BrCl3FN3O/c13-8-9(15)7(6-4(14)2-1-3-5(6)17)11(16)19-10(8)12(21)20-18/h3H,1-2,18H2,(H,20,21). The second-order valence-corrected chi connectivity index (χ2v) is 6.08. The van der Waals surface area contributed by atoms with Gasteiger partial charge < -0.3 is 0 Å². The van der Waals surface area contributed by atoms with Crippen LogP contribution in [0.15, 0.2) is 21.4 Å². The van der Waals surface area contributed by atoms with Crippen LogP contribution >= 0.6 is 50.7 Å². The van der Waals surface area contributed by atoms with E-state index in [0.717, 1.165) is 0 Å². The predicted molar refractivity (Wildman–Crippen MR) is 84.8 cm³/mol. The molecule has 0 saturated heterocycles. The number of nitrogens with zero attached hydrogens (tertiary/aromatic N) is 1. The van der Waals surface area contributed by atoms with Gasteiger partial charge >= 0.3 is 0 Å². The molecule has 0 spiro atoms. The molecule has 0 fully saturated rings. The molecule has 0 aromatic carbocycles. The number of hydrogen-bond donors (Lipinski definition) is 2. The van der Waals surface area contributed by atoms with Crippen LogP contribution in [-0.4, -0.2) is 10.9 Å². The van der Waals surface area contributed by atoms with Gasteiger partial charge in [-0.2, -0.15) is 0 Å². The number of amides is 1. The fourth-order valence-corrected chi connectivity index (χ4v) is 3.23. The first-order valence-corrected chi connectivity index (χ1v) is 7.61. The summed E-state index contributed by atoms with van der Waals surface area (Å²) in [5, 5.41) is 0.191. The Morgan fingerprint density at radius 3 is 2.67 bits per heavy atom. The third-order valence-electron chi connectivity index (χ3n) is 2.83. The molecule has 1 amide bonds. The highest BCUT2D eigenvalue weighted by atomic mass is 79.9. The molecule has 9 heteroatoms. The maximum Gasteiger partial charge on any atom is 0.285 e. The summed E-state index contributed by atoms with van der Waals surface area (Å²) in [5.41, 5.74) is 2.04. The molecular formula is C12H8BrCl3FN3O. The number of carbonyl (C=O) groups excluding carboxylic acids is 1. The molecule has 1 aromatic rings. The van der Waals surface area contributed by atoms with Gasteiger partial charge in [0.15, 0.2) is 0 Å². The van der Waals surface area contributed by atoms with Crippen LogP contribution in [0.2, 0.25) is 10.2 Å². The van der Waals surface area contributed by atoms with Gasteiger partial charge in [0.25, 0.3) is 5.91 Å². The molecule has 1 aliphatic rings. The third-order valence-corrected chi connectivity index (χ3v) is 4.86. The molecule has 1 aromatic heterocycles. The monoisotopic (exact) mass is 413 g/mol. The highest BCUT2D eigenvalue weighted by Gasteiger charge is 2.27. The van der Waals surface area contributed by atoms with Gasteiger partial charge in [-0.05, 0) is 34.8 Å². The van der Waals surface area contributed by atoms with Crippen molar-refractivity contribution >= 4 is 62.2 Å². The van der Waals surface area contributed by atoms with Gasteiger partial charge in [-0.3, -0.25) is 10.2 Å². The van der Waals surface area contributed by atoms with Gasteiger partial charge in [0.1, 0.15) is 16.7 Å².